The van der Waals surface area contributed by atoms with Gasteiger partial charge in [-0.05, 0) is 59.3 Å². The van der Waals surface area contributed by atoms with Gasteiger partial charge in [-0.25, -0.2) is 0 Å². The Kier molecular flexibility index (Phi) is 4.33. The normalized spacial score (nSPS) is 13.7. The fourth-order valence-corrected chi connectivity index (χ4v) is 3.72. The van der Waals surface area contributed by atoms with Crippen LogP contribution in [0.4, 0.5) is 5.69 Å². The minimum atomic E-state index is 0.145. The van der Waals surface area contributed by atoms with Crippen LogP contribution in [0, 0.1) is 0 Å². The molecule has 0 radical (unpaired) electrons. The summed E-state index contributed by atoms with van der Waals surface area (Å²) in [5, 5.41) is 21.8. The highest BCUT2D eigenvalue weighted by Crippen LogP contribution is 2.30. The summed E-state index contributed by atoms with van der Waals surface area (Å²) in [4.78, 5) is 7.12. The van der Waals surface area contributed by atoms with E-state index >= 15 is 0 Å². The number of halogens is 1. The minimum Gasteiger partial charge on any atom is -0.494 e. The lowest BCUT2D eigenvalue weighted by Crippen LogP contribution is -2.08. The lowest BCUT2D eigenvalue weighted by atomic mass is 10.1. The van der Waals surface area contributed by atoms with Crippen LogP contribution in [0.5, 0.6) is 5.88 Å². The van der Waals surface area contributed by atoms with Gasteiger partial charge in [0.2, 0.25) is 0 Å². The minimum absolute atomic E-state index is 0.145. The van der Waals surface area contributed by atoms with Crippen LogP contribution in [-0.2, 0) is 0 Å². The maximum atomic E-state index is 10.3. The standard InChI is InChI=1S/C23H15BrN4O/c24-16-5-8-20-18(12-16)19(23(29)26-20)10-15-3-6-17-21(27-28-22(17)11-15)7-4-14-2-1-9-25-13-14/h1-13,26,29H. The Balaban J connectivity index is 1.57. The van der Waals surface area contributed by atoms with E-state index in [1.54, 1.807) is 12.4 Å². The van der Waals surface area contributed by atoms with Crippen molar-refractivity contribution in [3.63, 3.8) is 0 Å². The number of H-pyrrole nitrogens is 1. The van der Waals surface area contributed by atoms with E-state index in [-0.39, 0.29) is 5.88 Å². The Bertz CT molecular complexity index is 1420. The number of rotatable bonds is 3. The Morgan fingerprint density at radius 3 is 2.79 bits per heavy atom. The molecule has 4 aromatic rings. The van der Waals surface area contributed by atoms with Crippen LogP contribution in [0.15, 0.2) is 81.7 Å². The van der Waals surface area contributed by atoms with Crippen molar-refractivity contribution in [2.75, 3.05) is 0 Å². The van der Waals surface area contributed by atoms with Gasteiger partial charge in [-0.2, -0.15) is 0 Å². The molecular formula is C23H15BrN4O. The molecule has 3 heterocycles. The molecule has 29 heavy (non-hydrogen) atoms. The lowest BCUT2D eigenvalue weighted by molar-refractivity contribution is 0.457. The Morgan fingerprint density at radius 1 is 1.00 bits per heavy atom. The van der Waals surface area contributed by atoms with Crippen molar-refractivity contribution in [1.29, 1.82) is 0 Å². The van der Waals surface area contributed by atoms with Crippen LogP contribution in [0.1, 0.15) is 11.1 Å². The number of hydrogen-bond donors (Lipinski definition) is 2. The first-order chi connectivity index (χ1) is 14.2. The van der Waals surface area contributed by atoms with Gasteiger partial charge in [0, 0.05) is 38.6 Å². The second kappa shape index (κ2) is 7.14. The predicted molar refractivity (Wildman–Crippen MR) is 118 cm³/mol. The molecule has 0 spiro atoms. The molecule has 6 heteroatoms. The van der Waals surface area contributed by atoms with Gasteiger partial charge in [0.1, 0.15) is 0 Å². The maximum absolute atomic E-state index is 10.3. The van der Waals surface area contributed by atoms with Crippen molar-refractivity contribution in [2.24, 2.45) is 10.2 Å². The van der Waals surface area contributed by atoms with E-state index in [1.165, 1.54) is 0 Å². The van der Waals surface area contributed by atoms with E-state index < -0.39 is 0 Å². The highest BCUT2D eigenvalue weighted by atomic mass is 79.9. The summed E-state index contributed by atoms with van der Waals surface area (Å²) < 4.78 is 0.959. The number of aromatic nitrogens is 2. The van der Waals surface area contributed by atoms with Crippen LogP contribution < -0.4 is 10.4 Å². The maximum Gasteiger partial charge on any atom is 0.196 e. The molecule has 2 aromatic carbocycles. The van der Waals surface area contributed by atoms with Crippen molar-refractivity contribution in [1.82, 2.24) is 9.97 Å². The van der Waals surface area contributed by atoms with Gasteiger partial charge in [0.05, 0.1) is 11.4 Å². The first-order valence-corrected chi connectivity index (χ1v) is 9.83. The molecule has 0 fully saturated rings. The summed E-state index contributed by atoms with van der Waals surface area (Å²) in [6.45, 7) is 0. The monoisotopic (exact) mass is 442 g/mol. The number of nitrogens with zero attached hydrogens (tertiary/aromatic N) is 3. The van der Waals surface area contributed by atoms with E-state index in [0.29, 0.717) is 0 Å². The molecule has 0 unspecified atom stereocenters. The molecular weight excluding hydrogens is 428 g/mol. The predicted octanol–water partition coefficient (Wildman–Crippen LogP) is 4.78. The summed E-state index contributed by atoms with van der Waals surface area (Å²) in [5.41, 5.74) is 4.26. The number of aromatic amines is 1. The third-order valence-corrected chi connectivity index (χ3v) is 5.27. The second-order valence-electron chi connectivity index (χ2n) is 6.70. The number of hydrogen-bond acceptors (Lipinski definition) is 4. The van der Waals surface area contributed by atoms with Crippen molar-refractivity contribution >= 4 is 50.4 Å². The van der Waals surface area contributed by atoms with E-state index in [9.17, 15) is 5.11 Å². The average molecular weight is 443 g/mol. The van der Waals surface area contributed by atoms with Crippen LogP contribution in [0.3, 0.4) is 0 Å². The van der Waals surface area contributed by atoms with Gasteiger partial charge in [-0.15, -0.1) is 10.2 Å². The average Bonchev–Trinajstić information content (AvgIpc) is 3.28. The number of azo groups is 1. The third kappa shape index (κ3) is 3.39. The van der Waals surface area contributed by atoms with E-state index in [1.807, 2.05) is 66.8 Å². The van der Waals surface area contributed by atoms with Gasteiger partial charge >= 0.3 is 0 Å². The van der Waals surface area contributed by atoms with E-state index in [2.05, 4.69) is 36.1 Å². The van der Waals surface area contributed by atoms with Crippen molar-refractivity contribution < 1.29 is 5.11 Å². The summed E-state index contributed by atoms with van der Waals surface area (Å²) in [6, 6.07) is 15.7. The zero-order valence-corrected chi connectivity index (χ0v) is 16.8. The second-order valence-corrected chi connectivity index (χ2v) is 7.62. The molecule has 140 valence electrons. The summed E-state index contributed by atoms with van der Waals surface area (Å²) in [6.07, 6.45) is 9.41. The van der Waals surface area contributed by atoms with Crippen LogP contribution in [-0.4, -0.2) is 15.1 Å². The van der Waals surface area contributed by atoms with Crippen molar-refractivity contribution in [3.05, 3.63) is 93.0 Å². The molecule has 0 bridgehead atoms. The van der Waals surface area contributed by atoms with Crippen LogP contribution in [0.2, 0.25) is 0 Å². The molecule has 2 N–H and O–H groups in total. The Morgan fingerprint density at radius 2 is 1.93 bits per heavy atom. The van der Waals surface area contributed by atoms with Gasteiger partial charge < -0.3 is 10.1 Å². The zero-order valence-electron chi connectivity index (χ0n) is 15.2. The van der Waals surface area contributed by atoms with Crippen molar-refractivity contribution in [3.8, 4) is 5.88 Å². The van der Waals surface area contributed by atoms with Gasteiger partial charge in [0.25, 0.3) is 0 Å². The smallest absolute Gasteiger partial charge is 0.196 e. The molecule has 0 aliphatic carbocycles. The highest BCUT2D eigenvalue weighted by Gasteiger charge is 2.10. The van der Waals surface area contributed by atoms with E-state index in [4.69, 9.17) is 0 Å². The number of aromatic hydroxyl groups is 1. The third-order valence-electron chi connectivity index (χ3n) is 4.77. The fourth-order valence-electron chi connectivity index (χ4n) is 3.36. The molecule has 0 amide bonds. The molecule has 5 rings (SSSR count). The zero-order chi connectivity index (χ0) is 19.8. The van der Waals surface area contributed by atoms with Gasteiger partial charge in [0.15, 0.2) is 5.88 Å². The summed E-state index contributed by atoms with van der Waals surface area (Å²) in [7, 11) is 0. The number of nitrogens with one attached hydrogen (secondary N) is 1. The summed E-state index contributed by atoms with van der Waals surface area (Å²) >= 11 is 3.49. The summed E-state index contributed by atoms with van der Waals surface area (Å²) in [5.74, 6) is 0.145. The molecule has 0 atom stereocenters. The van der Waals surface area contributed by atoms with Gasteiger partial charge in [-0.1, -0.05) is 34.1 Å². The Hall–Kier alpha value is -3.51. The largest absolute Gasteiger partial charge is 0.494 e. The van der Waals surface area contributed by atoms with Crippen LogP contribution in [0.25, 0.3) is 28.8 Å². The number of benzene rings is 2. The number of fused-ring (bicyclic) bond motifs is 2. The molecule has 0 saturated heterocycles. The molecule has 1 aliphatic rings. The van der Waals surface area contributed by atoms with Gasteiger partial charge in [-0.3, -0.25) is 4.98 Å². The van der Waals surface area contributed by atoms with E-state index in [0.717, 1.165) is 48.3 Å². The van der Waals surface area contributed by atoms with Crippen molar-refractivity contribution in [2.45, 2.75) is 0 Å². The molecule has 5 nitrogen and oxygen atoms in total. The first-order valence-electron chi connectivity index (χ1n) is 9.03. The quantitative estimate of drug-likeness (QED) is 0.479. The molecule has 1 aliphatic heterocycles. The topological polar surface area (TPSA) is 73.6 Å². The first kappa shape index (κ1) is 17.6. The highest BCUT2D eigenvalue weighted by molar-refractivity contribution is 9.10. The molecule has 2 aromatic heterocycles. The number of pyridine rings is 1. The Labute approximate surface area is 174 Å². The molecule has 0 saturated carbocycles. The fraction of sp³-hybridized carbons (Fsp3) is 0. The van der Waals surface area contributed by atoms with Crippen LogP contribution >= 0.6 is 15.9 Å². The lowest BCUT2D eigenvalue weighted by Gasteiger charge is -1.96. The SMILES string of the molecule is Oc1[nH]c2ccc(Br)cc2c1C=c1ccc2c(c1)N=NC=2C=Cc1cccnc1.